The fraction of sp³-hybridized carbons (Fsp3) is 0.391. The number of nitrogens with zero attached hydrogens (tertiary/aromatic N) is 1. The Hall–Kier alpha value is -2.89. The van der Waals surface area contributed by atoms with E-state index in [0.29, 0.717) is 5.56 Å². The molecule has 0 aliphatic carbocycles. The number of nitrogens with one attached hydrogen (secondary N) is 2. The number of piperidine rings is 1. The van der Waals surface area contributed by atoms with E-state index in [0.717, 1.165) is 42.5 Å². The first-order valence-electron chi connectivity index (χ1n) is 10.1. The zero-order chi connectivity index (χ0) is 20.5. The summed E-state index contributed by atoms with van der Waals surface area (Å²) >= 11 is 0. The standard InChI is InChI=1S/C23H26FN3O2/c1-14-3-4-15(2)21(11-14)26-23(29)27-19-9-10-20(27)13-18(12-19)25-22(28)16-5-7-17(24)8-6-16/h3-8,11,18-20H,9-10,12-13H2,1-2H3,(H,25,28)(H,26,29)/t18?,19-,20+. The number of hydrogen-bond donors (Lipinski definition) is 2. The van der Waals surface area contributed by atoms with Crippen molar-refractivity contribution in [1.82, 2.24) is 10.2 Å². The van der Waals surface area contributed by atoms with Gasteiger partial charge in [0.15, 0.2) is 0 Å². The Morgan fingerprint density at radius 2 is 1.66 bits per heavy atom. The van der Waals surface area contributed by atoms with Crippen LogP contribution in [0.3, 0.4) is 0 Å². The van der Waals surface area contributed by atoms with E-state index in [2.05, 4.69) is 10.6 Å². The van der Waals surface area contributed by atoms with Gasteiger partial charge in [-0.25, -0.2) is 9.18 Å². The number of aryl methyl sites for hydroxylation is 2. The minimum atomic E-state index is -0.359. The van der Waals surface area contributed by atoms with Gasteiger partial charge in [-0.2, -0.15) is 0 Å². The number of amides is 3. The topological polar surface area (TPSA) is 61.4 Å². The third-order valence-electron chi connectivity index (χ3n) is 6.04. The average molecular weight is 395 g/mol. The molecule has 6 heteroatoms. The lowest BCUT2D eigenvalue weighted by molar-refractivity contribution is 0.0891. The van der Waals surface area contributed by atoms with Gasteiger partial charge in [0.1, 0.15) is 5.82 Å². The molecular formula is C23H26FN3O2. The number of anilines is 1. The van der Waals surface area contributed by atoms with Gasteiger partial charge in [-0.15, -0.1) is 0 Å². The molecular weight excluding hydrogens is 369 g/mol. The van der Waals surface area contributed by atoms with Crippen LogP contribution in [0.5, 0.6) is 0 Å². The number of urea groups is 1. The van der Waals surface area contributed by atoms with E-state index in [9.17, 15) is 14.0 Å². The zero-order valence-corrected chi connectivity index (χ0v) is 16.7. The van der Waals surface area contributed by atoms with Gasteiger partial charge in [-0.05, 0) is 81.0 Å². The van der Waals surface area contributed by atoms with E-state index in [1.165, 1.54) is 24.3 Å². The van der Waals surface area contributed by atoms with Crippen molar-refractivity contribution in [3.63, 3.8) is 0 Å². The molecule has 2 aliphatic heterocycles. The Morgan fingerprint density at radius 1 is 1.00 bits per heavy atom. The summed E-state index contributed by atoms with van der Waals surface area (Å²) in [6.45, 7) is 4.00. The van der Waals surface area contributed by atoms with Crippen molar-refractivity contribution < 1.29 is 14.0 Å². The molecule has 2 N–H and O–H groups in total. The second-order valence-electron chi connectivity index (χ2n) is 8.19. The quantitative estimate of drug-likeness (QED) is 0.809. The van der Waals surface area contributed by atoms with Gasteiger partial charge in [0.2, 0.25) is 0 Å². The largest absolute Gasteiger partial charge is 0.349 e. The van der Waals surface area contributed by atoms with Gasteiger partial charge in [-0.3, -0.25) is 4.79 Å². The van der Waals surface area contributed by atoms with Crippen molar-refractivity contribution in [2.75, 3.05) is 5.32 Å². The molecule has 4 rings (SSSR count). The summed E-state index contributed by atoms with van der Waals surface area (Å²) < 4.78 is 13.1. The summed E-state index contributed by atoms with van der Waals surface area (Å²) in [4.78, 5) is 27.4. The molecule has 5 nitrogen and oxygen atoms in total. The monoisotopic (exact) mass is 395 g/mol. The van der Waals surface area contributed by atoms with Crippen LogP contribution in [-0.4, -0.2) is 35.0 Å². The average Bonchev–Trinajstić information content (AvgIpc) is 2.96. The van der Waals surface area contributed by atoms with Gasteiger partial charge in [-0.1, -0.05) is 12.1 Å². The van der Waals surface area contributed by atoms with Gasteiger partial charge < -0.3 is 15.5 Å². The van der Waals surface area contributed by atoms with Crippen molar-refractivity contribution >= 4 is 17.6 Å². The molecule has 0 radical (unpaired) electrons. The maximum absolute atomic E-state index is 13.1. The van der Waals surface area contributed by atoms with E-state index < -0.39 is 0 Å². The fourth-order valence-electron chi connectivity index (χ4n) is 4.55. The number of rotatable bonds is 3. The van der Waals surface area contributed by atoms with E-state index in [4.69, 9.17) is 0 Å². The van der Waals surface area contributed by atoms with Crippen LogP contribution >= 0.6 is 0 Å². The van der Waals surface area contributed by atoms with Gasteiger partial charge in [0.05, 0.1) is 0 Å². The number of fused-ring (bicyclic) bond motifs is 2. The van der Waals surface area contributed by atoms with Crippen LogP contribution in [0.4, 0.5) is 14.9 Å². The Balaban J connectivity index is 1.40. The van der Waals surface area contributed by atoms with Crippen LogP contribution in [0.25, 0.3) is 0 Å². The van der Waals surface area contributed by atoms with Crippen molar-refractivity contribution in [3.8, 4) is 0 Å². The summed E-state index contributed by atoms with van der Waals surface area (Å²) in [5, 5.41) is 6.13. The second kappa shape index (κ2) is 7.85. The molecule has 2 aromatic carbocycles. The number of hydrogen-bond acceptors (Lipinski definition) is 2. The molecule has 0 saturated carbocycles. The smallest absolute Gasteiger partial charge is 0.322 e. The van der Waals surface area contributed by atoms with Crippen LogP contribution in [0.15, 0.2) is 42.5 Å². The summed E-state index contributed by atoms with van der Waals surface area (Å²) in [7, 11) is 0. The first-order valence-corrected chi connectivity index (χ1v) is 10.1. The van der Waals surface area contributed by atoms with E-state index in [1.54, 1.807) is 0 Å². The van der Waals surface area contributed by atoms with Gasteiger partial charge >= 0.3 is 6.03 Å². The summed E-state index contributed by atoms with van der Waals surface area (Å²) in [6, 6.07) is 11.8. The molecule has 2 bridgehead atoms. The van der Waals surface area contributed by atoms with Crippen molar-refractivity contribution in [2.24, 2.45) is 0 Å². The number of halogens is 1. The maximum atomic E-state index is 13.1. The number of carbonyl (C=O) groups excluding carboxylic acids is 2. The highest BCUT2D eigenvalue weighted by Gasteiger charge is 2.43. The van der Waals surface area contributed by atoms with Crippen molar-refractivity contribution in [1.29, 1.82) is 0 Å². The van der Waals surface area contributed by atoms with Crippen LogP contribution in [0.2, 0.25) is 0 Å². The van der Waals surface area contributed by atoms with Crippen LogP contribution in [0.1, 0.15) is 47.2 Å². The number of benzene rings is 2. The maximum Gasteiger partial charge on any atom is 0.322 e. The predicted molar refractivity (Wildman–Crippen MR) is 110 cm³/mol. The molecule has 0 spiro atoms. The Kier molecular flexibility index (Phi) is 5.26. The van der Waals surface area contributed by atoms with E-state index in [-0.39, 0.29) is 35.9 Å². The van der Waals surface area contributed by atoms with Gasteiger partial charge in [0, 0.05) is 29.4 Å². The molecule has 2 heterocycles. The van der Waals surface area contributed by atoms with Crippen LogP contribution < -0.4 is 10.6 Å². The molecule has 29 heavy (non-hydrogen) atoms. The van der Waals surface area contributed by atoms with E-state index in [1.807, 2.05) is 36.9 Å². The van der Waals surface area contributed by atoms with E-state index >= 15 is 0 Å². The summed E-state index contributed by atoms with van der Waals surface area (Å²) in [5.74, 6) is -0.551. The lowest BCUT2D eigenvalue weighted by Crippen LogP contribution is -2.53. The van der Waals surface area contributed by atoms with Crippen LogP contribution in [-0.2, 0) is 0 Å². The molecule has 152 valence electrons. The first kappa shape index (κ1) is 19.4. The second-order valence-corrected chi connectivity index (χ2v) is 8.19. The lowest BCUT2D eigenvalue weighted by Gasteiger charge is -2.39. The molecule has 2 aromatic rings. The Morgan fingerprint density at radius 3 is 2.31 bits per heavy atom. The SMILES string of the molecule is Cc1ccc(C)c(NC(=O)N2[C@@H]3CC[C@H]2CC(NC(=O)c2ccc(F)cc2)C3)c1. The predicted octanol–water partition coefficient (Wildman–Crippen LogP) is 4.40. The summed E-state index contributed by atoms with van der Waals surface area (Å²) in [6.07, 6.45) is 3.38. The van der Waals surface area contributed by atoms with Crippen LogP contribution in [0, 0.1) is 19.7 Å². The fourth-order valence-corrected chi connectivity index (χ4v) is 4.55. The minimum absolute atomic E-state index is 0.0230. The third kappa shape index (κ3) is 4.11. The first-order chi connectivity index (χ1) is 13.9. The molecule has 3 atom stereocenters. The molecule has 0 aromatic heterocycles. The summed E-state index contributed by atoms with van der Waals surface area (Å²) in [5.41, 5.74) is 3.45. The Bertz CT molecular complexity index is 914. The molecule has 2 aliphatic rings. The number of carbonyl (C=O) groups is 2. The van der Waals surface area contributed by atoms with Gasteiger partial charge in [0.25, 0.3) is 5.91 Å². The lowest BCUT2D eigenvalue weighted by atomic mass is 9.97. The highest BCUT2D eigenvalue weighted by molar-refractivity contribution is 5.94. The minimum Gasteiger partial charge on any atom is -0.349 e. The normalized spacial score (nSPS) is 23.0. The Labute approximate surface area is 170 Å². The van der Waals surface area contributed by atoms with Crippen molar-refractivity contribution in [2.45, 2.75) is 57.7 Å². The van der Waals surface area contributed by atoms with Crippen molar-refractivity contribution in [3.05, 3.63) is 65.0 Å². The highest BCUT2D eigenvalue weighted by Crippen LogP contribution is 2.36. The molecule has 2 fully saturated rings. The molecule has 2 saturated heterocycles. The molecule has 1 unspecified atom stereocenters. The highest BCUT2D eigenvalue weighted by atomic mass is 19.1. The molecule has 3 amide bonds. The zero-order valence-electron chi connectivity index (χ0n) is 16.7. The third-order valence-corrected chi connectivity index (χ3v) is 6.04.